The van der Waals surface area contributed by atoms with Gasteiger partial charge >= 0.3 is 6.18 Å². The van der Waals surface area contributed by atoms with E-state index in [-0.39, 0.29) is 10.7 Å². The predicted octanol–water partition coefficient (Wildman–Crippen LogP) is 5.38. The molecule has 2 heterocycles. The van der Waals surface area contributed by atoms with Crippen LogP contribution in [0.15, 0.2) is 60.7 Å². The Bertz CT molecular complexity index is 1090. The second-order valence-corrected chi connectivity index (χ2v) is 6.29. The fraction of sp³-hybridized carbons (Fsp3) is 0.105. The van der Waals surface area contributed by atoms with Crippen LogP contribution in [0.1, 0.15) is 0 Å². The maximum Gasteiger partial charge on any atom is 0.408 e. The lowest BCUT2D eigenvalue weighted by molar-refractivity contribution is -0.141. The molecule has 0 saturated carbocycles. The van der Waals surface area contributed by atoms with Gasteiger partial charge in [0.25, 0.3) is 0 Å². The van der Waals surface area contributed by atoms with Crippen LogP contribution in [0, 0.1) is 0 Å². The van der Waals surface area contributed by atoms with Gasteiger partial charge < -0.3 is 0 Å². The van der Waals surface area contributed by atoms with Crippen molar-refractivity contribution in [2.45, 2.75) is 12.7 Å². The largest absolute Gasteiger partial charge is 0.408 e. The quantitative estimate of drug-likeness (QED) is 0.473. The maximum atomic E-state index is 13.0. The highest BCUT2D eigenvalue weighted by Crippen LogP contribution is 2.37. The van der Waals surface area contributed by atoms with E-state index < -0.39 is 12.7 Å². The number of nitrogens with zero attached hydrogens (tertiary/aromatic N) is 4. The molecule has 0 bridgehead atoms. The van der Waals surface area contributed by atoms with Crippen molar-refractivity contribution in [3.8, 4) is 22.5 Å². The third-order valence-electron chi connectivity index (χ3n) is 4.02. The highest BCUT2D eigenvalue weighted by atomic mass is 35.5. The van der Waals surface area contributed by atoms with Crippen LogP contribution in [0.5, 0.6) is 0 Å². The molecule has 27 heavy (non-hydrogen) atoms. The number of fused-ring (bicyclic) bond motifs is 1. The van der Waals surface area contributed by atoms with Crippen LogP contribution in [-0.4, -0.2) is 26.2 Å². The Morgan fingerprint density at radius 1 is 0.815 bits per heavy atom. The molecular weight excluding hydrogens is 377 g/mol. The van der Waals surface area contributed by atoms with E-state index in [0.717, 1.165) is 10.2 Å². The molecule has 4 nitrogen and oxygen atoms in total. The van der Waals surface area contributed by atoms with Crippen molar-refractivity contribution in [1.82, 2.24) is 20.0 Å². The highest BCUT2D eigenvalue weighted by Gasteiger charge is 2.31. The van der Waals surface area contributed by atoms with E-state index in [0.29, 0.717) is 22.3 Å². The lowest BCUT2D eigenvalue weighted by atomic mass is 10.1. The molecular formula is C19H12ClF3N4. The van der Waals surface area contributed by atoms with Crippen LogP contribution >= 0.6 is 11.6 Å². The Hall–Kier alpha value is -2.93. The maximum absolute atomic E-state index is 13.0. The van der Waals surface area contributed by atoms with E-state index in [9.17, 15) is 13.2 Å². The Balaban J connectivity index is 2.00. The van der Waals surface area contributed by atoms with Gasteiger partial charge in [0, 0.05) is 11.1 Å². The first-order valence-corrected chi connectivity index (χ1v) is 8.42. The number of aromatic nitrogens is 4. The molecule has 0 radical (unpaired) electrons. The van der Waals surface area contributed by atoms with Crippen LogP contribution in [0.3, 0.4) is 0 Å². The SMILES string of the molecule is FC(F)(F)Cn1nc(-c2ccccc2)c2c(Cl)c(-c3ccccc3)nnc21. The molecule has 4 rings (SSSR count). The molecule has 0 N–H and O–H groups in total. The Labute approximate surface area is 157 Å². The first-order valence-electron chi connectivity index (χ1n) is 8.04. The molecule has 0 spiro atoms. The van der Waals surface area contributed by atoms with Crippen molar-refractivity contribution in [1.29, 1.82) is 0 Å². The van der Waals surface area contributed by atoms with Gasteiger partial charge in [-0.3, -0.25) is 0 Å². The number of hydrogen-bond acceptors (Lipinski definition) is 3. The number of alkyl halides is 3. The van der Waals surface area contributed by atoms with Crippen molar-refractivity contribution < 1.29 is 13.2 Å². The molecule has 0 fully saturated rings. The number of rotatable bonds is 3. The lowest BCUT2D eigenvalue weighted by Gasteiger charge is -2.07. The molecule has 0 aliphatic carbocycles. The zero-order valence-corrected chi connectivity index (χ0v) is 14.5. The Morgan fingerprint density at radius 3 is 1.93 bits per heavy atom. The summed E-state index contributed by atoms with van der Waals surface area (Å²) in [7, 11) is 0. The van der Waals surface area contributed by atoms with E-state index in [1.807, 2.05) is 36.4 Å². The van der Waals surface area contributed by atoms with Gasteiger partial charge in [-0.15, -0.1) is 10.2 Å². The summed E-state index contributed by atoms with van der Waals surface area (Å²) in [6.45, 7) is -1.27. The zero-order chi connectivity index (χ0) is 19.0. The number of benzene rings is 2. The molecule has 0 saturated heterocycles. The standard InChI is InChI=1S/C19H12ClF3N4/c20-15-14-16(12-7-3-1-4-8-12)26-27(11-19(21,22)23)18(14)25-24-17(15)13-9-5-2-6-10-13/h1-10H,11H2. The first kappa shape index (κ1) is 17.5. The molecule has 2 aromatic heterocycles. The van der Waals surface area contributed by atoms with Crippen LogP contribution in [0.25, 0.3) is 33.5 Å². The smallest absolute Gasteiger partial charge is 0.236 e. The van der Waals surface area contributed by atoms with Gasteiger partial charge in [-0.2, -0.15) is 18.3 Å². The average molecular weight is 389 g/mol. The molecule has 0 amide bonds. The topological polar surface area (TPSA) is 43.6 Å². The Morgan fingerprint density at radius 2 is 1.37 bits per heavy atom. The fourth-order valence-electron chi connectivity index (χ4n) is 2.88. The molecule has 0 unspecified atom stereocenters. The van der Waals surface area contributed by atoms with Gasteiger partial charge in [-0.25, -0.2) is 4.68 Å². The summed E-state index contributed by atoms with van der Waals surface area (Å²) < 4.78 is 39.7. The van der Waals surface area contributed by atoms with E-state index in [1.165, 1.54) is 0 Å². The third-order valence-corrected chi connectivity index (χ3v) is 4.39. The van der Waals surface area contributed by atoms with Gasteiger partial charge in [-0.1, -0.05) is 72.3 Å². The summed E-state index contributed by atoms with van der Waals surface area (Å²) >= 11 is 6.58. The second-order valence-electron chi connectivity index (χ2n) is 5.91. The number of hydrogen-bond donors (Lipinski definition) is 0. The van der Waals surface area contributed by atoms with Crippen molar-refractivity contribution in [3.63, 3.8) is 0 Å². The van der Waals surface area contributed by atoms with Gasteiger partial charge in [-0.05, 0) is 0 Å². The highest BCUT2D eigenvalue weighted by molar-refractivity contribution is 6.38. The third kappa shape index (κ3) is 3.38. The van der Waals surface area contributed by atoms with E-state index >= 15 is 0 Å². The summed E-state index contributed by atoms with van der Waals surface area (Å²) in [5, 5.41) is 12.8. The summed E-state index contributed by atoms with van der Waals surface area (Å²) in [4.78, 5) is 0. The van der Waals surface area contributed by atoms with Crippen molar-refractivity contribution in [2.24, 2.45) is 0 Å². The van der Waals surface area contributed by atoms with Crippen LogP contribution < -0.4 is 0 Å². The minimum atomic E-state index is -4.45. The van der Waals surface area contributed by atoms with Gasteiger partial charge in [0.05, 0.1) is 10.4 Å². The minimum Gasteiger partial charge on any atom is -0.236 e. The molecule has 0 atom stereocenters. The normalized spacial score (nSPS) is 11.9. The molecule has 4 aromatic rings. The zero-order valence-electron chi connectivity index (χ0n) is 13.8. The molecule has 136 valence electrons. The van der Waals surface area contributed by atoms with Gasteiger partial charge in [0.1, 0.15) is 17.9 Å². The second kappa shape index (κ2) is 6.66. The number of halogens is 4. The van der Waals surface area contributed by atoms with Crippen molar-refractivity contribution in [3.05, 3.63) is 65.7 Å². The van der Waals surface area contributed by atoms with E-state index in [1.54, 1.807) is 24.3 Å². The predicted molar refractivity (Wildman–Crippen MR) is 97.3 cm³/mol. The first-order chi connectivity index (χ1) is 12.9. The molecule has 8 heteroatoms. The minimum absolute atomic E-state index is 0.00383. The summed E-state index contributed by atoms with van der Waals surface area (Å²) in [6, 6.07) is 18.0. The fourth-order valence-corrected chi connectivity index (χ4v) is 3.20. The van der Waals surface area contributed by atoms with Crippen LogP contribution in [0.2, 0.25) is 5.02 Å². The van der Waals surface area contributed by atoms with Gasteiger partial charge in [0.15, 0.2) is 5.65 Å². The summed E-state index contributed by atoms with van der Waals surface area (Å²) in [6.07, 6.45) is -4.45. The van der Waals surface area contributed by atoms with Crippen LogP contribution in [-0.2, 0) is 6.54 Å². The van der Waals surface area contributed by atoms with Gasteiger partial charge in [0.2, 0.25) is 0 Å². The van der Waals surface area contributed by atoms with Crippen molar-refractivity contribution in [2.75, 3.05) is 0 Å². The molecule has 2 aromatic carbocycles. The Kier molecular flexibility index (Phi) is 4.31. The van der Waals surface area contributed by atoms with E-state index in [2.05, 4.69) is 15.3 Å². The van der Waals surface area contributed by atoms with Crippen LogP contribution in [0.4, 0.5) is 13.2 Å². The average Bonchev–Trinajstić information content (AvgIpc) is 3.01. The molecule has 0 aliphatic heterocycles. The van der Waals surface area contributed by atoms with Crippen molar-refractivity contribution >= 4 is 22.6 Å². The van der Waals surface area contributed by atoms with E-state index in [4.69, 9.17) is 11.6 Å². The lowest BCUT2D eigenvalue weighted by Crippen LogP contribution is -2.19. The summed E-state index contributed by atoms with van der Waals surface area (Å²) in [5.74, 6) is 0. The monoisotopic (exact) mass is 388 g/mol. The molecule has 0 aliphatic rings. The summed E-state index contributed by atoms with van der Waals surface area (Å²) in [5.41, 5.74) is 2.10.